The lowest BCUT2D eigenvalue weighted by molar-refractivity contribution is 0.440. The van der Waals surface area contributed by atoms with E-state index in [1.54, 1.807) is 0 Å². The van der Waals surface area contributed by atoms with Crippen LogP contribution < -0.4 is 10.6 Å². The second-order valence-electron chi connectivity index (χ2n) is 5.68. The molecular formula is C18H18N2. The monoisotopic (exact) mass is 262 g/mol. The van der Waals surface area contributed by atoms with E-state index in [9.17, 15) is 0 Å². The zero-order chi connectivity index (χ0) is 13.4. The molecule has 0 spiro atoms. The summed E-state index contributed by atoms with van der Waals surface area (Å²) in [6.45, 7) is 3.34. The Morgan fingerprint density at radius 3 is 2.65 bits per heavy atom. The minimum Gasteiger partial charge on any atom is -0.380 e. The van der Waals surface area contributed by atoms with Crippen molar-refractivity contribution in [3.63, 3.8) is 0 Å². The Kier molecular flexibility index (Phi) is 2.96. The molecule has 2 radical (unpaired) electrons. The van der Waals surface area contributed by atoms with Gasteiger partial charge in [0, 0.05) is 17.8 Å². The molecule has 20 heavy (non-hydrogen) atoms. The Hall–Kier alpha value is -1.80. The summed E-state index contributed by atoms with van der Waals surface area (Å²) in [6.07, 6.45) is 3.41. The van der Waals surface area contributed by atoms with Gasteiger partial charge in [-0.2, -0.15) is 0 Å². The predicted molar refractivity (Wildman–Crippen MR) is 81.6 cm³/mol. The maximum Gasteiger partial charge on any atom is 0.0939 e. The number of nitrogens with one attached hydrogen (secondary N) is 2. The number of fused-ring (bicyclic) bond motifs is 2. The van der Waals surface area contributed by atoms with Crippen LogP contribution in [0, 0.1) is 6.54 Å². The molecule has 2 heteroatoms. The van der Waals surface area contributed by atoms with Gasteiger partial charge in [-0.3, -0.25) is 5.32 Å². The van der Waals surface area contributed by atoms with Crippen molar-refractivity contribution < 1.29 is 0 Å². The highest BCUT2D eigenvalue weighted by Crippen LogP contribution is 2.28. The molecule has 100 valence electrons. The molecule has 2 aromatic carbocycles. The van der Waals surface area contributed by atoms with E-state index in [-0.39, 0.29) is 0 Å². The first kappa shape index (κ1) is 12.0. The number of rotatable bonds is 1. The summed E-state index contributed by atoms with van der Waals surface area (Å²) in [5.41, 5.74) is 5.34. The Bertz CT molecular complexity index is 565. The second-order valence-corrected chi connectivity index (χ2v) is 5.68. The molecule has 2 aromatic rings. The summed E-state index contributed by atoms with van der Waals surface area (Å²) in [5, 5.41) is 7.16. The summed E-state index contributed by atoms with van der Waals surface area (Å²) in [5.74, 6) is 0. The van der Waals surface area contributed by atoms with Gasteiger partial charge in [0.2, 0.25) is 0 Å². The summed E-state index contributed by atoms with van der Waals surface area (Å²) < 4.78 is 0. The van der Waals surface area contributed by atoms with E-state index in [2.05, 4.69) is 65.7 Å². The Labute approximate surface area is 120 Å². The number of benzene rings is 2. The van der Waals surface area contributed by atoms with Crippen LogP contribution in [0.2, 0.25) is 0 Å². The number of anilines is 1. The Morgan fingerprint density at radius 1 is 0.900 bits per heavy atom. The lowest BCUT2D eigenvalue weighted by atomic mass is 9.87. The highest BCUT2D eigenvalue weighted by Gasteiger charge is 2.28. The van der Waals surface area contributed by atoms with Crippen LogP contribution in [-0.4, -0.2) is 12.1 Å². The first-order chi connectivity index (χ1) is 9.90. The van der Waals surface area contributed by atoms with E-state index < -0.39 is 0 Å². The van der Waals surface area contributed by atoms with Crippen LogP contribution in [0.3, 0.4) is 0 Å². The molecule has 2 atom stereocenters. The molecule has 0 bridgehead atoms. The van der Waals surface area contributed by atoms with Gasteiger partial charge in [-0.05, 0) is 42.0 Å². The van der Waals surface area contributed by atoms with Gasteiger partial charge in [-0.25, -0.2) is 0 Å². The third kappa shape index (κ3) is 2.10. The Balaban J connectivity index is 1.53. The Morgan fingerprint density at radius 2 is 1.70 bits per heavy atom. The lowest BCUT2D eigenvalue weighted by Gasteiger charge is -2.36. The molecular weight excluding hydrogens is 244 g/mol. The van der Waals surface area contributed by atoms with E-state index in [1.165, 1.54) is 28.8 Å². The van der Waals surface area contributed by atoms with Crippen molar-refractivity contribution in [2.24, 2.45) is 0 Å². The molecule has 0 fully saturated rings. The van der Waals surface area contributed by atoms with Crippen LogP contribution in [0.1, 0.15) is 23.1 Å². The molecule has 2 unspecified atom stereocenters. The fraction of sp³-hybridized carbons (Fsp3) is 0.278. The predicted octanol–water partition coefficient (Wildman–Crippen LogP) is 3.01. The maximum absolute atomic E-state index is 3.69. The van der Waals surface area contributed by atoms with E-state index >= 15 is 0 Å². The fourth-order valence-corrected chi connectivity index (χ4v) is 3.29. The average Bonchev–Trinajstić information content (AvgIpc) is 2.54. The summed E-state index contributed by atoms with van der Waals surface area (Å²) >= 11 is 0. The second kappa shape index (κ2) is 4.95. The van der Waals surface area contributed by atoms with Crippen molar-refractivity contribution in [3.8, 4) is 0 Å². The number of hydrogen-bond acceptors (Lipinski definition) is 2. The van der Waals surface area contributed by atoms with E-state index in [0.29, 0.717) is 12.1 Å². The molecule has 2 N–H and O–H groups in total. The first-order valence-electron chi connectivity index (χ1n) is 7.34. The van der Waals surface area contributed by atoms with Gasteiger partial charge in [-0.15, -0.1) is 0 Å². The van der Waals surface area contributed by atoms with Crippen LogP contribution in [0.4, 0.5) is 5.69 Å². The van der Waals surface area contributed by atoms with Crippen LogP contribution in [0.25, 0.3) is 0 Å². The highest BCUT2D eigenvalue weighted by molar-refractivity contribution is 5.54. The van der Waals surface area contributed by atoms with Crippen LogP contribution in [0.15, 0.2) is 48.5 Å². The normalized spacial score (nSPS) is 24.4. The molecule has 2 heterocycles. The van der Waals surface area contributed by atoms with Crippen molar-refractivity contribution >= 4 is 5.69 Å². The van der Waals surface area contributed by atoms with E-state index in [0.717, 1.165) is 12.8 Å². The zero-order valence-corrected chi connectivity index (χ0v) is 11.4. The molecule has 2 aliphatic rings. The quantitative estimate of drug-likeness (QED) is 0.825. The minimum absolute atomic E-state index is 0.429. The molecule has 2 nitrogen and oxygen atoms in total. The highest BCUT2D eigenvalue weighted by atomic mass is 15.0. The van der Waals surface area contributed by atoms with Gasteiger partial charge in [-0.1, -0.05) is 42.5 Å². The van der Waals surface area contributed by atoms with Crippen LogP contribution >= 0.6 is 0 Å². The average molecular weight is 262 g/mol. The first-order valence-corrected chi connectivity index (χ1v) is 7.34. The van der Waals surface area contributed by atoms with Crippen LogP contribution in [0.5, 0.6) is 0 Å². The molecule has 0 saturated carbocycles. The number of aryl methyl sites for hydroxylation is 1. The van der Waals surface area contributed by atoms with E-state index in [1.807, 2.05) is 0 Å². The largest absolute Gasteiger partial charge is 0.380 e. The van der Waals surface area contributed by atoms with Crippen molar-refractivity contribution in [2.45, 2.75) is 31.3 Å². The van der Waals surface area contributed by atoms with Gasteiger partial charge in [0.25, 0.3) is 0 Å². The van der Waals surface area contributed by atoms with Gasteiger partial charge in [0.05, 0.1) is 6.54 Å². The summed E-state index contributed by atoms with van der Waals surface area (Å²) in [4.78, 5) is 0. The zero-order valence-electron chi connectivity index (χ0n) is 11.4. The summed E-state index contributed by atoms with van der Waals surface area (Å²) in [7, 11) is 0. The van der Waals surface area contributed by atoms with Gasteiger partial charge >= 0.3 is 0 Å². The molecule has 0 amide bonds. The van der Waals surface area contributed by atoms with Gasteiger partial charge in [0.1, 0.15) is 0 Å². The fourth-order valence-electron chi connectivity index (χ4n) is 3.29. The summed E-state index contributed by atoms with van der Waals surface area (Å²) in [6, 6.07) is 18.1. The topological polar surface area (TPSA) is 24.1 Å². The van der Waals surface area contributed by atoms with Gasteiger partial charge in [0.15, 0.2) is 0 Å². The maximum atomic E-state index is 3.69. The smallest absolute Gasteiger partial charge is 0.0939 e. The van der Waals surface area contributed by atoms with Crippen molar-refractivity contribution in [2.75, 3.05) is 5.32 Å². The third-order valence-electron chi connectivity index (χ3n) is 4.42. The number of para-hydroxylation sites is 1. The van der Waals surface area contributed by atoms with Crippen molar-refractivity contribution in [3.05, 3.63) is 71.8 Å². The van der Waals surface area contributed by atoms with Crippen molar-refractivity contribution in [1.82, 2.24) is 5.32 Å². The minimum atomic E-state index is 0.429. The lowest BCUT2D eigenvalue weighted by Crippen LogP contribution is -2.48. The van der Waals surface area contributed by atoms with E-state index in [4.69, 9.17) is 0 Å². The third-order valence-corrected chi connectivity index (χ3v) is 4.42. The number of hydrogen-bond donors (Lipinski definition) is 2. The molecule has 0 aliphatic carbocycles. The molecule has 0 aromatic heterocycles. The molecule has 0 saturated heterocycles. The van der Waals surface area contributed by atoms with Gasteiger partial charge < -0.3 is 5.32 Å². The standard InChI is InChI=1S/C18H18N2/c1-2-7-15-12-19-18(11-14(15)6-1)17-10-9-13-5-3-4-8-16(13)20-17/h1-8,17-20H,9-11H2. The molecule has 4 rings (SSSR count). The SMILES string of the molecule is [C]1NC(C2CCc3ccccc3N2)Cc2ccccc21. The molecule has 2 aliphatic heterocycles. The van der Waals surface area contributed by atoms with Crippen molar-refractivity contribution in [1.29, 1.82) is 0 Å². The van der Waals surface area contributed by atoms with Crippen LogP contribution in [-0.2, 0) is 12.8 Å².